The predicted molar refractivity (Wildman–Crippen MR) is 505 cm³/mol. The van der Waals surface area contributed by atoms with Gasteiger partial charge >= 0.3 is 0 Å². The summed E-state index contributed by atoms with van der Waals surface area (Å²) in [5.74, 6) is 8.40. The van der Waals surface area contributed by atoms with Crippen molar-refractivity contribution < 1.29 is 0 Å². The van der Waals surface area contributed by atoms with Gasteiger partial charge < -0.3 is 0 Å². The summed E-state index contributed by atoms with van der Waals surface area (Å²) >= 11 is 0. The molecule has 0 nitrogen and oxygen atoms in total. The molecule has 0 aliphatic rings. The van der Waals surface area contributed by atoms with Crippen LogP contribution in [0.25, 0.3) is 75.4 Å². The first-order valence-electron chi connectivity index (χ1n) is 42.8. The van der Waals surface area contributed by atoms with Gasteiger partial charge in [-0.3, -0.25) is 0 Å². The molecule has 14 aromatic rings. The van der Waals surface area contributed by atoms with Crippen molar-refractivity contribution in [3.05, 3.63) is 333 Å². The van der Waals surface area contributed by atoms with Gasteiger partial charge in [-0.2, -0.15) is 0 Å². The average molecular weight is 1490 g/mol. The fourth-order valence-electron chi connectivity index (χ4n) is 15.8. The van der Waals surface area contributed by atoms with E-state index in [1.165, 1.54) is 153 Å². The third-order valence-electron chi connectivity index (χ3n) is 22.5. The Kier molecular flexibility index (Phi) is 32.5. The molecule has 0 spiro atoms. The number of fused-ring (bicyclic) bond motifs is 9. The second-order valence-electron chi connectivity index (χ2n) is 35.9. The van der Waals surface area contributed by atoms with Gasteiger partial charge in [-0.25, -0.2) is 0 Å². The van der Waals surface area contributed by atoms with Crippen LogP contribution in [0.5, 0.6) is 0 Å². The molecule has 0 N–H and O–H groups in total. The van der Waals surface area contributed by atoms with E-state index in [4.69, 9.17) is 0 Å². The molecule has 14 aromatic carbocycles. The molecule has 0 radical (unpaired) electrons. The van der Waals surface area contributed by atoms with Crippen LogP contribution in [0.1, 0.15) is 355 Å². The number of benzene rings is 14. The first-order valence-corrected chi connectivity index (χ1v) is 42.8. The van der Waals surface area contributed by atoms with Crippen LogP contribution < -0.4 is 0 Å². The van der Waals surface area contributed by atoms with Crippen molar-refractivity contribution in [2.45, 2.75) is 277 Å². The molecule has 112 heavy (non-hydrogen) atoms. The van der Waals surface area contributed by atoms with Gasteiger partial charge in [-0.05, 0) is 242 Å². The van der Waals surface area contributed by atoms with Gasteiger partial charge in [0.05, 0.1) is 0 Å². The van der Waals surface area contributed by atoms with Crippen LogP contribution in [-0.4, -0.2) is 0 Å². The lowest BCUT2D eigenvalue weighted by atomic mass is 9.86. The second kappa shape index (κ2) is 41.1. The van der Waals surface area contributed by atoms with Gasteiger partial charge in [0.15, 0.2) is 0 Å². The fourth-order valence-corrected chi connectivity index (χ4v) is 15.8. The Bertz CT molecular complexity index is 5180. The molecule has 0 saturated heterocycles. The first kappa shape index (κ1) is 88.5. The maximum atomic E-state index is 2.41. The third kappa shape index (κ3) is 22.9. The summed E-state index contributed by atoms with van der Waals surface area (Å²) in [6.07, 6.45) is 0. The molecule has 0 bridgehead atoms. The highest BCUT2D eigenvalue weighted by Gasteiger charge is 2.18. The molecular weight excluding hydrogens is 1350 g/mol. The van der Waals surface area contributed by atoms with Crippen LogP contribution in [0, 0.1) is 0 Å². The Morgan fingerprint density at radius 2 is 0.420 bits per heavy atom. The van der Waals surface area contributed by atoms with Gasteiger partial charge in [0.1, 0.15) is 0 Å². The van der Waals surface area contributed by atoms with Gasteiger partial charge in [-0.15, -0.1) is 0 Å². The summed E-state index contributed by atoms with van der Waals surface area (Å²) in [5, 5.41) is 19.2. The van der Waals surface area contributed by atoms with Gasteiger partial charge in [0.25, 0.3) is 0 Å². The normalized spacial score (nSPS) is 11.6. The minimum absolute atomic E-state index is 0.546. The zero-order valence-corrected chi connectivity index (χ0v) is 74.3. The van der Waals surface area contributed by atoms with E-state index in [0.717, 1.165) is 0 Å². The van der Waals surface area contributed by atoms with E-state index in [0.29, 0.717) is 82.9 Å². The van der Waals surface area contributed by atoms with E-state index in [1.54, 1.807) is 0 Å². The van der Waals surface area contributed by atoms with E-state index >= 15 is 0 Å². The first-order chi connectivity index (χ1) is 53.2. The van der Waals surface area contributed by atoms with E-state index in [2.05, 4.69) is 449 Å². The Morgan fingerprint density at radius 3 is 0.875 bits per heavy atom. The van der Waals surface area contributed by atoms with Crippen LogP contribution in [0.2, 0.25) is 0 Å². The van der Waals surface area contributed by atoms with Crippen LogP contribution in [-0.2, 0) is 0 Å². The van der Waals surface area contributed by atoms with Crippen molar-refractivity contribution in [1.82, 2.24) is 0 Å². The smallest absolute Gasteiger partial charge is 0.0102 e. The van der Waals surface area contributed by atoms with E-state index in [-0.39, 0.29) is 0 Å². The van der Waals surface area contributed by atoms with E-state index in [1.807, 2.05) is 0 Å². The molecule has 0 fully saturated rings. The molecule has 0 atom stereocenters. The van der Waals surface area contributed by atoms with Crippen LogP contribution in [0.4, 0.5) is 0 Å². The summed E-state index contributed by atoms with van der Waals surface area (Å²) < 4.78 is 0. The SMILES string of the molecule is CC(C)c1cc2ccc3ccccc3c2cc1C(C)C.CC(C)c1cc2ccccc2cc1C(C)C.CC(C)c1ccc2c(c1)c(C(C)C)cc1ccccc12.CC(C)c1ccc2cccc(C(C)C)c2c1.CC(C)c1ccc2ccccc2c1C(C)C.CC(C)c1cccc(C(C)C)c1.CC(C)c1ccccc1C(C)C. The maximum absolute atomic E-state index is 2.41. The molecule has 0 aliphatic heterocycles. The van der Waals surface area contributed by atoms with Crippen molar-refractivity contribution in [1.29, 1.82) is 0 Å². The van der Waals surface area contributed by atoms with Crippen molar-refractivity contribution in [3.63, 3.8) is 0 Å². The Morgan fingerprint density at radius 1 is 0.125 bits per heavy atom. The van der Waals surface area contributed by atoms with Crippen LogP contribution in [0.15, 0.2) is 255 Å². The minimum Gasteiger partial charge on any atom is -0.0620 e. The summed E-state index contributed by atoms with van der Waals surface area (Å²) in [5.41, 5.74) is 20.6. The zero-order valence-electron chi connectivity index (χ0n) is 74.3. The monoisotopic (exact) mass is 1490 g/mol. The Labute approximate surface area is 680 Å². The van der Waals surface area contributed by atoms with Gasteiger partial charge in [-0.1, -0.05) is 443 Å². The molecule has 14 rings (SSSR count). The number of hydrogen-bond donors (Lipinski definition) is 0. The predicted octanol–water partition coefficient (Wildman–Crippen LogP) is 35.6. The third-order valence-corrected chi connectivity index (χ3v) is 22.5. The number of rotatable bonds is 14. The fraction of sp³-hybridized carbons (Fsp3) is 0.375. The van der Waals surface area contributed by atoms with Crippen molar-refractivity contribution in [3.8, 4) is 0 Å². The Hall–Kier alpha value is -9.10. The lowest BCUT2D eigenvalue weighted by molar-refractivity contribution is 0.790. The average Bonchev–Trinajstić information content (AvgIpc) is 0.770. The van der Waals surface area contributed by atoms with E-state index in [9.17, 15) is 0 Å². The van der Waals surface area contributed by atoms with Crippen molar-refractivity contribution >= 4 is 75.4 Å². The standard InChI is InChI=1S/2C20H22.3C16H20.2C12H18/c1-13(2)15-9-10-18-17-8-6-5-7-16(17)12-19(14(3)4)20(18)11-15;1-13(2)18-11-16-10-9-15-7-5-6-8-17(15)20(16)12-19(18)14(3)4;1-11(2)14-9-8-13-6-5-7-15(12(3)4)16(13)10-14;1-11(2)15-9-13-7-5-6-8-14(13)10-16(15)12(3)4;1-11(2)14-10-9-13-7-5-6-8-15(13)16(14)12(3)4;1-9(2)11-6-5-7-12(8-11)10(3)4;1-9(2)11-7-5-6-8-12(11)10(3)4/h2*5-14H,1-4H3;3*5-12H,1-4H3;2*5-10H,1-4H3. The largest absolute Gasteiger partial charge is 0.0620 e. The maximum Gasteiger partial charge on any atom is -0.0102 e. The molecule has 0 heteroatoms. The quantitative estimate of drug-likeness (QED) is 0.0952. The zero-order chi connectivity index (χ0) is 81.9. The van der Waals surface area contributed by atoms with Crippen molar-refractivity contribution in [2.75, 3.05) is 0 Å². The molecule has 0 amide bonds. The summed E-state index contributed by atoms with van der Waals surface area (Å²) in [6, 6.07) is 93.7. The molecule has 588 valence electrons. The molecule has 0 aromatic heterocycles. The topological polar surface area (TPSA) is 0 Å². The second-order valence-corrected chi connectivity index (χ2v) is 35.9. The number of hydrogen-bond acceptors (Lipinski definition) is 0. The minimum atomic E-state index is 0.546. The highest BCUT2D eigenvalue weighted by atomic mass is 14.2. The Balaban J connectivity index is 0.000000165. The highest BCUT2D eigenvalue weighted by Crippen LogP contribution is 2.39. The summed E-state index contributed by atoms with van der Waals surface area (Å²) in [6.45, 7) is 63.4. The molecule has 0 saturated carbocycles. The lowest BCUT2D eigenvalue weighted by Gasteiger charge is -2.18. The van der Waals surface area contributed by atoms with E-state index < -0.39 is 0 Å². The van der Waals surface area contributed by atoms with Crippen molar-refractivity contribution in [2.24, 2.45) is 0 Å². The van der Waals surface area contributed by atoms with Crippen LogP contribution in [0.3, 0.4) is 0 Å². The summed E-state index contributed by atoms with van der Waals surface area (Å²) in [7, 11) is 0. The molecule has 0 unspecified atom stereocenters. The molecule has 0 aliphatic carbocycles. The van der Waals surface area contributed by atoms with Gasteiger partial charge in [0, 0.05) is 0 Å². The highest BCUT2D eigenvalue weighted by molar-refractivity contribution is 6.10. The lowest BCUT2D eigenvalue weighted by Crippen LogP contribution is -1.99. The summed E-state index contributed by atoms with van der Waals surface area (Å²) in [4.78, 5) is 0. The molecule has 0 heterocycles. The molecular formula is C112H140. The van der Waals surface area contributed by atoms with Crippen LogP contribution >= 0.6 is 0 Å². The van der Waals surface area contributed by atoms with Gasteiger partial charge in [0.2, 0.25) is 0 Å².